The van der Waals surface area contributed by atoms with Crippen LogP contribution in [0.1, 0.15) is 13.3 Å². The van der Waals surface area contributed by atoms with Gasteiger partial charge in [0.25, 0.3) is 0 Å². The normalized spacial score (nSPS) is 45.8. The average Bonchev–Trinajstić information content (AvgIpc) is 2.35. The van der Waals surface area contributed by atoms with Gasteiger partial charge in [-0.05, 0) is 18.9 Å². The highest BCUT2D eigenvalue weighted by atomic mass is 16.5. The number of hydrazine groups is 1. The standard InChI is InChI=1S/C7H15N3O/c1-5-2-3-8-7-6(5)4-9-10(7)11/h5-9,11H,2-4H2,1H3. The molecule has 2 heterocycles. The smallest absolute Gasteiger partial charge is 0.105 e. The lowest BCUT2D eigenvalue weighted by molar-refractivity contribution is -0.160. The molecule has 0 aromatic carbocycles. The fraction of sp³-hybridized carbons (Fsp3) is 1.00. The molecule has 0 saturated carbocycles. The van der Waals surface area contributed by atoms with Crippen molar-refractivity contribution in [1.82, 2.24) is 15.9 Å². The Morgan fingerprint density at radius 3 is 3.09 bits per heavy atom. The number of hydroxylamine groups is 1. The Balaban J connectivity index is 2.07. The Hall–Kier alpha value is -0.160. The zero-order chi connectivity index (χ0) is 7.84. The molecule has 3 N–H and O–H groups in total. The fourth-order valence-corrected chi connectivity index (χ4v) is 2.01. The van der Waals surface area contributed by atoms with E-state index in [9.17, 15) is 5.21 Å². The second kappa shape index (κ2) is 2.71. The summed E-state index contributed by atoms with van der Waals surface area (Å²) in [5, 5.41) is 13.8. The third-order valence-corrected chi connectivity index (χ3v) is 2.84. The number of piperidine rings is 1. The van der Waals surface area contributed by atoms with Gasteiger partial charge in [0.1, 0.15) is 6.17 Å². The number of nitrogens with zero attached hydrogens (tertiary/aromatic N) is 1. The molecule has 0 spiro atoms. The first kappa shape index (κ1) is 7.49. The number of fused-ring (bicyclic) bond motifs is 1. The maximum Gasteiger partial charge on any atom is 0.105 e. The van der Waals surface area contributed by atoms with Crippen molar-refractivity contribution in [2.75, 3.05) is 13.1 Å². The molecule has 64 valence electrons. The van der Waals surface area contributed by atoms with Gasteiger partial charge in [-0.15, -0.1) is 5.17 Å². The largest absolute Gasteiger partial charge is 0.298 e. The molecule has 0 radical (unpaired) electrons. The van der Waals surface area contributed by atoms with Gasteiger partial charge in [-0.3, -0.25) is 10.5 Å². The van der Waals surface area contributed by atoms with Crippen LogP contribution in [0.4, 0.5) is 0 Å². The van der Waals surface area contributed by atoms with Crippen LogP contribution in [0.15, 0.2) is 0 Å². The molecule has 2 saturated heterocycles. The van der Waals surface area contributed by atoms with Crippen LogP contribution in [0, 0.1) is 11.8 Å². The fourth-order valence-electron chi connectivity index (χ4n) is 2.01. The van der Waals surface area contributed by atoms with Crippen LogP contribution < -0.4 is 10.7 Å². The van der Waals surface area contributed by atoms with E-state index in [4.69, 9.17) is 0 Å². The number of hydrogen-bond donors (Lipinski definition) is 3. The Kier molecular flexibility index (Phi) is 1.85. The van der Waals surface area contributed by atoms with Crippen LogP contribution in [0.2, 0.25) is 0 Å². The molecule has 2 fully saturated rings. The summed E-state index contributed by atoms with van der Waals surface area (Å²) < 4.78 is 0. The van der Waals surface area contributed by atoms with E-state index in [1.807, 2.05) is 0 Å². The van der Waals surface area contributed by atoms with E-state index in [0.717, 1.165) is 13.1 Å². The summed E-state index contributed by atoms with van der Waals surface area (Å²) in [4.78, 5) is 0. The van der Waals surface area contributed by atoms with Crippen LogP contribution in [-0.4, -0.2) is 29.6 Å². The van der Waals surface area contributed by atoms with E-state index >= 15 is 0 Å². The molecule has 0 amide bonds. The minimum atomic E-state index is 0.138. The van der Waals surface area contributed by atoms with Crippen LogP contribution in [-0.2, 0) is 0 Å². The van der Waals surface area contributed by atoms with Crippen molar-refractivity contribution in [3.05, 3.63) is 0 Å². The molecule has 4 heteroatoms. The first-order valence-corrected chi connectivity index (χ1v) is 4.24. The summed E-state index contributed by atoms with van der Waals surface area (Å²) >= 11 is 0. The van der Waals surface area contributed by atoms with E-state index < -0.39 is 0 Å². The molecular weight excluding hydrogens is 142 g/mol. The summed E-state index contributed by atoms with van der Waals surface area (Å²) in [5.74, 6) is 1.28. The highest BCUT2D eigenvalue weighted by molar-refractivity contribution is 4.87. The minimum absolute atomic E-state index is 0.138. The summed E-state index contributed by atoms with van der Waals surface area (Å²) in [6, 6.07) is 0. The van der Waals surface area contributed by atoms with Crippen molar-refractivity contribution in [2.24, 2.45) is 11.8 Å². The second-order valence-corrected chi connectivity index (χ2v) is 3.54. The second-order valence-electron chi connectivity index (χ2n) is 3.54. The lowest BCUT2D eigenvalue weighted by atomic mass is 9.87. The van der Waals surface area contributed by atoms with E-state index in [0.29, 0.717) is 11.8 Å². The van der Waals surface area contributed by atoms with Crippen molar-refractivity contribution in [2.45, 2.75) is 19.5 Å². The quantitative estimate of drug-likeness (QED) is 0.454. The molecule has 2 aliphatic heterocycles. The highest BCUT2D eigenvalue weighted by Gasteiger charge is 2.38. The molecule has 4 nitrogen and oxygen atoms in total. The summed E-state index contributed by atoms with van der Waals surface area (Å²) in [5.41, 5.74) is 2.92. The number of rotatable bonds is 0. The number of nitrogens with one attached hydrogen (secondary N) is 2. The van der Waals surface area contributed by atoms with Gasteiger partial charge in [0.2, 0.25) is 0 Å². The Bertz CT molecular complexity index is 151. The average molecular weight is 157 g/mol. The molecular formula is C7H15N3O. The maximum absolute atomic E-state index is 9.30. The Labute approximate surface area is 66.5 Å². The van der Waals surface area contributed by atoms with Crippen molar-refractivity contribution in [3.63, 3.8) is 0 Å². The highest BCUT2D eigenvalue weighted by Crippen LogP contribution is 2.26. The zero-order valence-corrected chi connectivity index (χ0v) is 6.75. The summed E-state index contributed by atoms with van der Waals surface area (Å²) in [6.45, 7) is 4.16. The van der Waals surface area contributed by atoms with Gasteiger partial charge in [0.05, 0.1) is 0 Å². The summed E-state index contributed by atoms with van der Waals surface area (Å²) in [6.07, 6.45) is 1.36. The van der Waals surface area contributed by atoms with Gasteiger partial charge in [0.15, 0.2) is 0 Å². The Morgan fingerprint density at radius 1 is 1.55 bits per heavy atom. The topological polar surface area (TPSA) is 47.5 Å². The third-order valence-electron chi connectivity index (χ3n) is 2.84. The van der Waals surface area contributed by atoms with Crippen molar-refractivity contribution in [3.8, 4) is 0 Å². The van der Waals surface area contributed by atoms with Gasteiger partial charge in [-0.2, -0.15) is 0 Å². The molecule has 0 aromatic heterocycles. The van der Waals surface area contributed by atoms with Crippen molar-refractivity contribution in [1.29, 1.82) is 0 Å². The predicted molar refractivity (Wildman–Crippen MR) is 40.7 cm³/mol. The van der Waals surface area contributed by atoms with Gasteiger partial charge in [-0.25, -0.2) is 5.43 Å². The first-order valence-electron chi connectivity index (χ1n) is 4.24. The maximum atomic E-state index is 9.30. The molecule has 11 heavy (non-hydrogen) atoms. The first-order chi connectivity index (χ1) is 5.29. The summed E-state index contributed by atoms with van der Waals surface area (Å²) in [7, 11) is 0. The van der Waals surface area contributed by atoms with Crippen LogP contribution in [0.5, 0.6) is 0 Å². The van der Waals surface area contributed by atoms with Crippen molar-refractivity contribution < 1.29 is 5.21 Å². The van der Waals surface area contributed by atoms with Gasteiger partial charge in [0, 0.05) is 12.5 Å². The molecule has 2 rings (SSSR count). The van der Waals surface area contributed by atoms with E-state index in [2.05, 4.69) is 17.7 Å². The molecule has 0 aromatic rings. The lowest BCUT2D eigenvalue weighted by Crippen LogP contribution is -2.50. The number of hydrogen-bond acceptors (Lipinski definition) is 4. The minimum Gasteiger partial charge on any atom is -0.298 e. The van der Waals surface area contributed by atoms with Crippen LogP contribution in [0.3, 0.4) is 0 Å². The molecule has 0 bridgehead atoms. The van der Waals surface area contributed by atoms with Crippen molar-refractivity contribution >= 4 is 0 Å². The van der Waals surface area contributed by atoms with Gasteiger partial charge >= 0.3 is 0 Å². The van der Waals surface area contributed by atoms with E-state index in [1.54, 1.807) is 0 Å². The van der Waals surface area contributed by atoms with Crippen LogP contribution >= 0.6 is 0 Å². The predicted octanol–water partition coefficient (Wildman–Crippen LogP) is -0.232. The molecule has 0 aliphatic carbocycles. The molecule has 3 unspecified atom stereocenters. The van der Waals surface area contributed by atoms with E-state index in [1.165, 1.54) is 11.6 Å². The van der Waals surface area contributed by atoms with Crippen LogP contribution in [0.25, 0.3) is 0 Å². The Morgan fingerprint density at radius 2 is 2.36 bits per heavy atom. The van der Waals surface area contributed by atoms with Gasteiger partial charge in [-0.1, -0.05) is 6.92 Å². The molecule has 3 atom stereocenters. The van der Waals surface area contributed by atoms with Gasteiger partial charge < -0.3 is 0 Å². The SMILES string of the molecule is CC1CCNC2C1CNN2O. The lowest BCUT2D eigenvalue weighted by Gasteiger charge is -2.32. The molecule has 2 aliphatic rings. The monoisotopic (exact) mass is 157 g/mol. The van der Waals surface area contributed by atoms with E-state index in [-0.39, 0.29) is 6.17 Å². The third kappa shape index (κ3) is 1.16. The zero-order valence-electron chi connectivity index (χ0n) is 6.75.